The molecule has 61 valence electrons. The van der Waals surface area contributed by atoms with Gasteiger partial charge in [-0.3, -0.25) is 0 Å². The molecular formula is C8H19OSi. The van der Waals surface area contributed by atoms with Crippen LogP contribution in [0, 0.1) is 0 Å². The second kappa shape index (κ2) is 7.29. The van der Waals surface area contributed by atoms with Gasteiger partial charge >= 0.3 is 0 Å². The monoisotopic (exact) mass is 159 g/mol. The van der Waals surface area contributed by atoms with E-state index in [2.05, 4.69) is 13.8 Å². The molecule has 0 saturated carbocycles. The van der Waals surface area contributed by atoms with Crippen molar-refractivity contribution >= 4 is 9.04 Å². The molecule has 0 aliphatic rings. The van der Waals surface area contributed by atoms with Crippen molar-refractivity contribution < 1.29 is 4.80 Å². The van der Waals surface area contributed by atoms with Gasteiger partial charge in [-0.05, 0) is 12.1 Å². The molecule has 2 heteroatoms. The molecule has 0 aromatic rings. The highest BCUT2D eigenvalue weighted by atomic mass is 28.3. The van der Waals surface area contributed by atoms with Crippen LogP contribution in [-0.4, -0.2) is 13.8 Å². The van der Waals surface area contributed by atoms with Gasteiger partial charge in [-0.2, -0.15) is 0 Å². The van der Waals surface area contributed by atoms with Crippen LogP contribution in [-0.2, 0) is 0 Å². The molecule has 0 atom stereocenters. The summed E-state index contributed by atoms with van der Waals surface area (Å²) in [6.07, 6.45) is 4.88. The summed E-state index contributed by atoms with van der Waals surface area (Å²) in [4.78, 5) is 9.41. The van der Waals surface area contributed by atoms with Crippen LogP contribution in [0.2, 0.25) is 12.1 Å². The van der Waals surface area contributed by atoms with Crippen LogP contribution >= 0.6 is 0 Å². The van der Waals surface area contributed by atoms with Crippen LogP contribution in [0.4, 0.5) is 0 Å². The summed E-state index contributed by atoms with van der Waals surface area (Å²) in [6.45, 7) is 4.35. The lowest BCUT2D eigenvalue weighted by Gasteiger charge is -2.04. The maximum atomic E-state index is 9.41. The van der Waals surface area contributed by atoms with Gasteiger partial charge in [0.05, 0.1) is 0 Å². The Labute approximate surface area is 66.2 Å². The van der Waals surface area contributed by atoms with Crippen molar-refractivity contribution in [1.82, 2.24) is 0 Å². The molecule has 0 saturated heterocycles. The summed E-state index contributed by atoms with van der Waals surface area (Å²) >= 11 is 0. The zero-order chi connectivity index (χ0) is 7.82. The quantitative estimate of drug-likeness (QED) is 0.591. The highest BCUT2D eigenvalue weighted by Crippen LogP contribution is 2.06. The standard InChI is InChI=1S/C8H19OSi/c1-3-5-7-10(9)8-6-4-2/h9H,3-8H2,1-2H3. The third kappa shape index (κ3) is 6.30. The van der Waals surface area contributed by atoms with Gasteiger partial charge in [-0.15, -0.1) is 0 Å². The lowest BCUT2D eigenvalue weighted by molar-refractivity contribution is 0.555. The Kier molecular flexibility index (Phi) is 7.41. The first-order valence-electron chi connectivity index (χ1n) is 4.34. The molecule has 1 radical (unpaired) electrons. The average Bonchev–Trinajstić information content (AvgIpc) is 1.97. The minimum Gasteiger partial charge on any atom is -0.431 e. The molecule has 10 heavy (non-hydrogen) atoms. The van der Waals surface area contributed by atoms with Gasteiger partial charge in [0.1, 0.15) is 0 Å². The SMILES string of the molecule is CCCC[Si](O)CCCC. The fourth-order valence-electron chi connectivity index (χ4n) is 0.887. The maximum absolute atomic E-state index is 9.41. The van der Waals surface area contributed by atoms with Gasteiger partial charge in [0.25, 0.3) is 0 Å². The Morgan fingerprint density at radius 1 is 1.00 bits per heavy atom. The van der Waals surface area contributed by atoms with Crippen molar-refractivity contribution in [1.29, 1.82) is 0 Å². The van der Waals surface area contributed by atoms with E-state index in [4.69, 9.17) is 0 Å². The second-order valence-electron chi connectivity index (χ2n) is 2.77. The van der Waals surface area contributed by atoms with Crippen molar-refractivity contribution in [3.8, 4) is 0 Å². The molecule has 1 N–H and O–H groups in total. The fraction of sp³-hybridized carbons (Fsp3) is 1.00. The number of rotatable bonds is 6. The Morgan fingerprint density at radius 2 is 1.40 bits per heavy atom. The zero-order valence-electron chi connectivity index (χ0n) is 7.19. The molecule has 0 heterocycles. The third-order valence-electron chi connectivity index (χ3n) is 1.64. The van der Waals surface area contributed by atoms with E-state index in [0.717, 1.165) is 12.1 Å². The van der Waals surface area contributed by atoms with E-state index >= 15 is 0 Å². The topological polar surface area (TPSA) is 20.2 Å². The van der Waals surface area contributed by atoms with E-state index in [-0.39, 0.29) is 0 Å². The second-order valence-corrected chi connectivity index (χ2v) is 4.91. The summed E-state index contributed by atoms with van der Waals surface area (Å²) in [6, 6.07) is 2.20. The van der Waals surface area contributed by atoms with Crippen LogP contribution in [0.1, 0.15) is 39.5 Å². The minimum atomic E-state index is -0.915. The molecule has 0 aromatic carbocycles. The lowest BCUT2D eigenvalue weighted by atomic mass is 10.4. The summed E-state index contributed by atoms with van der Waals surface area (Å²) in [5.41, 5.74) is 0. The summed E-state index contributed by atoms with van der Waals surface area (Å²) < 4.78 is 0. The first kappa shape index (κ1) is 10.2. The summed E-state index contributed by atoms with van der Waals surface area (Å²) in [5.74, 6) is 0. The van der Waals surface area contributed by atoms with Crippen molar-refractivity contribution in [2.75, 3.05) is 0 Å². The summed E-state index contributed by atoms with van der Waals surface area (Å²) in [5, 5.41) is 0. The van der Waals surface area contributed by atoms with Crippen molar-refractivity contribution in [2.24, 2.45) is 0 Å². The Bertz CT molecular complexity index is 58.3. The number of unbranched alkanes of at least 4 members (excludes halogenated alkanes) is 2. The van der Waals surface area contributed by atoms with E-state index in [1.807, 2.05) is 0 Å². The first-order valence-corrected chi connectivity index (χ1v) is 6.21. The molecule has 0 spiro atoms. The third-order valence-corrected chi connectivity index (χ3v) is 3.50. The van der Waals surface area contributed by atoms with E-state index < -0.39 is 9.04 Å². The Hall–Kier alpha value is 0.177. The summed E-state index contributed by atoms with van der Waals surface area (Å²) in [7, 11) is -0.915. The van der Waals surface area contributed by atoms with Gasteiger partial charge in [-0.25, -0.2) is 0 Å². The fourth-order valence-corrected chi connectivity index (χ4v) is 2.66. The normalized spacial score (nSPS) is 10.8. The van der Waals surface area contributed by atoms with Gasteiger partial charge < -0.3 is 4.80 Å². The molecular weight excluding hydrogens is 140 g/mol. The van der Waals surface area contributed by atoms with E-state index in [0.29, 0.717) is 0 Å². The van der Waals surface area contributed by atoms with E-state index in [9.17, 15) is 4.80 Å². The van der Waals surface area contributed by atoms with Gasteiger partial charge in [0, 0.05) is 0 Å². The van der Waals surface area contributed by atoms with Gasteiger partial charge in [0.15, 0.2) is 0 Å². The van der Waals surface area contributed by atoms with Gasteiger partial charge in [-0.1, -0.05) is 39.5 Å². The molecule has 0 fully saturated rings. The van der Waals surface area contributed by atoms with Crippen LogP contribution in [0.25, 0.3) is 0 Å². The van der Waals surface area contributed by atoms with E-state index in [1.165, 1.54) is 25.7 Å². The molecule has 1 nitrogen and oxygen atoms in total. The molecule has 0 amide bonds. The number of hydrogen-bond acceptors (Lipinski definition) is 1. The molecule has 0 rings (SSSR count). The van der Waals surface area contributed by atoms with Crippen molar-refractivity contribution in [3.63, 3.8) is 0 Å². The predicted molar refractivity (Wildman–Crippen MR) is 47.4 cm³/mol. The maximum Gasteiger partial charge on any atom is 0.206 e. The minimum absolute atomic E-state index is 0.915. The molecule has 0 aromatic heterocycles. The largest absolute Gasteiger partial charge is 0.431 e. The zero-order valence-corrected chi connectivity index (χ0v) is 8.19. The molecule has 0 aliphatic carbocycles. The Morgan fingerprint density at radius 3 is 1.70 bits per heavy atom. The average molecular weight is 159 g/mol. The van der Waals surface area contributed by atoms with E-state index in [1.54, 1.807) is 0 Å². The van der Waals surface area contributed by atoms with Crippen LogP contribution < -0.4 is 0 Å². The van der Waals surface area contributed by atoms with Crippen LogP contribution in [0.3, 0.4) is 0 Å². The molecule has 0 bridgehead atoms. The lowest BCUT2D eigenvalue weighted by Crippen LogP contribution is -2.10. The Balaban J connectivity index is 3.00. The van der Waals surface area contributed by atoms with Gasteiger partial charge in [0.2, 0.25) is 9.04 Å². The predicted octanol–water partition coefficient (Wildman–Crippen LogP) is 2.57. The van der Waals surface area contributed by atoms with Crippen molar-refractivity contribution in [3.05, 3.63) is 0 Å². The number of hydrogen-bond donors (Lipinski definition) is 1. The molecule has 0 unspecified atom stereocenters. The highest BCUT2D eigenvalue weighted by Gasteiger charge is 2.05. The highest BCUT2D eigenvalue weighted by molar-refractivity contribution is 6.50. The van der Waals surface area contributed by atoms with Crippen molar-refractivity contribution in [2.45, 2.75) is 51.6 Å². The first-order chi connectivity index (χ1) is 4.81. The molecule has 0 aliphatic heterocycles. The van der Waals surface area contributed by atoms with Crippen LogP contribution in [0.15, 0.2) is 0 Å². The smallest absolute Gasteiger partial charge is 0.206 e. The van der Waals surface area contributed by atoms with Crippen LogP contribution in [0.5, 0.6) is 0 Å².